The SMILES string of the molecule is CCOc1cc2c(cc1NC(=O)c1sc3cccc(C)c3c1Cl)OC(C)C2. The molecule has 0 spiro atoms. The minimum atomic E-state index is -0.243. The molecule has 4 rings (SSSR count). The zero-order valence-electron chi connectivity index (χ0n) is 15.4. The molecule has 0 bridgehead atoms. The van der Waals surface area contributed by atoms with Gasteiger partial charge < -0.3 is 14.8 Å². The summed E-state index contributed by atoms with van der Waals surface area (Å²) in [6.45, 7) is 6.46. The van der Waals surface area contributed by atoms with Crippen molar-refractivity contribution in [1.82, 2.24) is 0 Å². The molecule has 1 unspecified atom stereocenters. The Morgan fingerprint density at radius 3 is 2.96 bits per heavy atom. The maximum absolute atomic E-state index is 13.0. The largest absolute Gasteiger partial charge is 0.492 e. The summed E-state index contributed by atoms with van der Waals surface area (Å²) >= 11 is 7.93. The second-order valence-electron chi connectivity index (χ2n) is 6.67. The van der Waals surface area contributed by atoms with Gasteiger partial charge in [0, 0.05) is 28.1 Å². The third-order valence-corrected chi connectivity index (χ3v) is 6.26. The number of nitrogens with one attached hydrogen (secondary N) is 1. The number of carbonyl (C=O) groups excluding carboxylic acids is 1. The summed E-state index contributed by atoms with van der Waals surface area (Å²) in [7, 11) is 0. The van der Waals surface area contributed by atoms with Gasteiger partial charge in [0.2, 0.25) is 0 Å². The maximum Gasteiger partial charge on any atom is 0.267 e. The Labute approximate surface area is 167 Å². The maximum atomic E-state index is 13.0. The number of halogens is 1. The Kier molecular flexibility index (Phi) is 4.74. The van der Waals surface area contributed by atoms with Gasteiger partial charge in [-0.1, -0.05) is 23.7 Å². The van der Waals surface area contributed by atoms with Gasteiger partial charge in [-0.3, -0.25) is 4.79 Å². The molecule has 1 amide bonds. The van der Waals surface area contributed by atoms with Crippen LogP contribution in [0.1, 0.15) is 34.6 Å². The fourth-order valence-corrected chi connectivity index (χ4v) is 4.99. The van der Waals surface area contributed by atoms with E-state index >= 15 is 0 Å². The summed E-state index contributed by atoms with van der Waals surface area (Å²) in [5.74, 6) is 1.20. The molecule has 1 aliphatic heterocycles. The normalized spacial score (nSPS) is 15.5. The fourth-order valence-electron chi connectivity index (χ4n) is 3.41. The van der Waals surface area contributed by atoms with Crippen molar-refractivity contribution in [3.63, 3.8) is 0 Å². The molecule has 0 radical (unpaired) electrons. The zero-order chi connectivity index (χ0) is 19.1. The van der Waals surface area contributed by atoms with Gasteiger partial charge in [0.15, 0.2) is 0 Å². The predicted octanol–water partition coefficient (Wildman–Crippen LogP) is 5.84. The number of anilines is 1. The first-order valence-electron chi connectivity index (χ1n) is 8.93. The molecule has 0 saturated heterocycles. The Balaban J connectivity index is 1.70. The van der Waals surface area contributed by atoms with Crippen LogP contribution in [0.15, 0.2) is 30.3 Å². The lowest BCUT2D eigenvalue weighted by Crippen LogP contribution is -2.12. The van der Waals surface area contributed by atoms with E-state index in [0.29, 0.717) is 27.9 Å². The van der Waals surface area contributed by atoms with Crippen LogP contribution in [0, 0.1) is 6.92 Å². The molecule has 0 aliphatic carbocycles. The highest BCUT2D eigenvalue weighted by atomic mass is 35.5. The first kappa shape index (κ1) is 18.1. The van der Waals surface area contributed by atoms with Gasteiger partial charge in [0.05, 0.1) is 17.3 Å². The topological polar surface area (TPSA) is 47.6 Å². The molecule has 1 N–H and O–H groups in total. The summed E-state index contributed by atoms with van der Waals surface area (Å²) in [6.07, 6.45) is 0.964. The average molecular weight is 402 g/mol. The van der Waals surface area contributed by atoms with E-state index in [1.54, 1.807) is 0 Å². The molecule has 140 valence electrons. The van der Waals surface area contributed by atoms with Crippen LogP contribution in [-0.2, 0) is 6.42 Å². The molecule has 1 atom stereocenters. The predicted molar refractivity (Wildman–Crippen MR) is 111 cm³/mol. The Bertz CT molecular complexity index is 1040. The average Bonchev–Trinajstić information content (AvgIpc) is 3.15. The van der Waals surface area contributed by atoms with Gasteiger partial charge in [0.1, 0.15) is 22.5 Å². The van der Waals surface area contributed by atoms with Gasteiger partial charge in [0.25, 0.3) is 5.91 Å². The first-order valence-corrected chi connectivity index (χ1v) is 10.1. The van der Waals surface area contributed by atoms with Crippen molar-refractivity contribution in [3.8, 4) is 11.5 Å². The highest BCUT2D eigenvalue weighted by Crippen LogP contribution is 2.40. The van der Waals surface area contributed by atoms with Crippen LogP contribution in [0.25, 0.3) is 10.1 Å². The van der Waals surface area contributed by atoms with Crippen LogP contribution < -0.4 is 14.8 Å². The van der Waals surface area contributed by atoms with Crippen molar-refractivity contribution in [1.29, 1.82) is 0 Å². The molecular weight excluding hydrogens is 382 g/mol. The second-order valence-corrected chi connectivity index (χ2v) is 8.10. The minimum Gasteiger partial charge on any atom is -0.492 e. The summed E-state index contributed by atoms with van der Waals surface area (Å²) < 4.78 is 12.6. The number of benzene rings is 2. The van der Waals surface area contributed by atoms with E-state index < -0.39 is 0 Å². The molecule has 0 fully saturated rings. The summed E-state index contributed by atoms with van der Waals surface area (Å²) in [4.78, 5) is 13.5. The molecule has 2 aromatic carbocycles. The molecule has 1 aromatic heterocycles. The van der Waals surface area contributed by atoms with Gasteiger partial charge in [-0.25, -0.2) is 0 Å². The Hall–Kier alpha value is -2.24. The van der Waals surface area contributed by atoms with Gasteiger partial charge in [-0.15, -0.1) is 11.3 Å². The van der Waals surface area contributed by atoms with E-state index in [0.717, 1.165) is 33.4 Å². The Morgan fingerprint density at radius 1 is 1.41 bits per heavy atom. The summed E-state index contributed by atoms with van der Waals surface area (Å²) in [5, 5.41) is 4.39. The molecule has 4 nitrogen and oxygen atoms in total. The van der Waals surface area contributed by atoms with Gasteiger partial charge in [-0.2, -0.15) is 0 Å². The lowest BCUT2D eigenvalue weighted by Gasteiger charge is -2.13. The number of amides is 1. The van der Waals surface area contributed by atoms with Crippen molar-refractivity contribution in [2.75, 3.05) is 11.9 Å². The number of thiophene rings is 1. The van der Waals surface area contributed by atoms with Crippen LogP contribution in [0.5, 0.6) is 11.5 Å². The monoisotopic (exact) mass is 401 g/mol. The number of aryl methyl sites for hydroxylation is 1. The molecule has 6 heteroatoms. The number of fused-ring (bicyclic) bond motifs is 2. The number of ether oxygens (including phenoxy) is 2. The Morgan fingerprint density at radius 2 is 2.22 bits per heavy atom. The van der Waals surface area contributed by atoms with Crippen molar-refractivity contribution in [2.24, 2.45) is 0 Å². The third-order valence-electron chi connectivity index (χ3n) is 4.62. The van der Waals surface area contributed by atoms with Crippen molar-refractivity contribution >= 4 is 44.6 Å². The summed E-state index contributed by atoms with van der Waals surface area (Å²) in [6, 6.07) is 9.74. The highest BCUT2D eigenvalue weighted by molar-refractivity contribution is 7.21. The standard InChI is InChI=1S/C21H20ClNO3S/c1-4-25-16-9-13-8-12(3)26-15(13)10-14(16)23-21(24)20-19(22)18-11(2)6-5-7-17(18)27-20/h5-7,9-10,12H,4,8H2,1-3H3,(H,23,24). The molecule has 3 aromatic rings. The van der Waals surface area contributed by atoms with Crippen molar-refractivity contribution in [2.45, 2.75) is 33.3 Å². The van der Waals surface area contributed by atoms with Crippen LogP contribution in [0.2, 0.25) is 5.02 Å². The number of rotatable bonds is 4. The van der Waals surface area contributed by atoms with Gasteiger partial charge >= 0.3 is 0 Å². The van der Waals surface area contributed by atoms with Crippen LogP contribution >= 0.6 is 22.9 Å². The lowest BCUT2D eigenvalue weighted by molar-refractivity contribution is 0.103. The second kappa shape index (κ2) is 7.06. The van der Waals surface area contributed by atoms with Crippen LogP contribution in [0.3, 0.4) is 0 Å². The van der Waals surface area contributed by atoms with Gasteiger partial charge in [-0.05, 0) is 38.5 Å². The van der Waals surface area contributed by atoms with E-state index in [1.807, 2.05) is 51.1 Å². The van der Waals surface area contributed by atoms with E-state index in [1.165, 1.54) is 11.3 Å². The van der Waals surface area contributed by atoms with Crippen LogP contribution in [0.4, 0.5) is 5.69 Å². The van der Waals surface area contributed by atoms with Crippen molar-refractivity contribution < 1.29 is 14.3 Å². The fraction of sp³-hybridized carbons (Fsp3) is 0.286. The minimum absolute atomic E-state index is 0.125. The molecule has 27 heavy (non-hydrogen) atoms. The van der Waals surface area contributed by atoms with E-state index in [9.17, 15) is 4.79 Å². The molecule has 1 aliphatic rings. The first-order chi connectivity index (χ1) is 13.0. The number of hydrogen-bond acceptors (Lipinski definition) is 4. The lowest BCUT2D eigenvalue weighted by atomic mass is 10.1. The van der Waals surface area contributed by atoms with E-state index in [2.05, 4.69) is 5.32 Å². The van der Waals surface area contributed by atoms with E-state index in [-0.39, 0.29) is 12.0 Å². The summed E-state index contributed by atoms with van der Waals surface area (Å²) in [5.41, 5.74) is 2.75. The molecular formula is C21H20ClNO3S. The quantitative estimate of drug-likeness (QED) is 0.597. The molecule has 0 saturated carbocycles. The van der Waals surface area contributed by atoms with Crippen LogP contribution in [-0.4, -0.2) is 18.6 Å². The third kappa shape index (κ3) is 3.26. The zero-order valence-corrected chi connectivity index (χ0v) is 17.0. The molecule has 2 heterocycles. The number of carbonyl (C=O) groups is 1. The van der Waals surface area contributed by atoms with E-state index in [4.69, 9.17) is 21.1 Å². The smallest absolute Gasteiger partial charge is 0.267 e. The van der Waals surface area contributed by atoms with Crippen molar-refractivity contribution in [3.05, 3.63) is 51.4 Å². The highest BCUT2D eigenvalue weighted by Gasteiger charge is 2.24. The number of hydrogen-bond donors (Lipinski definition) is 1.